The Morgan fingerprint density at radius 1 is 1.17 bits per heavy atom. The van der Waals surface area contributed by atoms with E-state index in [1.165, 1.54) is 18.2 Å². The first-order chi connectivity index (χ1) is 8.58. The number of hydrogen-bond acceptors (Lipinski definition) is 4. The molecule has 1 aromatic rings. The van der Waals surface area contributed by atoms with Crippen molar-refractivity contribution in [3.05, 3.63) is 23.8 Å². The monoisotopic (exact) mass is 251 g/mol. The highest BCUT2D eigenvalue weighted by Crippen LogP contribution is 2.25. The summed E-state index contributed by atoms with van der Waals surface area (Å²) in [7, 11) is 0. The SMILES string of the molecule is O=C(N[C@H]1CCCC[C@@H]1O)c1ccc(O)c(O)c1. The van der Waals surface area contributed by atoms with E-state index < -0.39 is 6.10 Å². The zero-order chi connectivity index (χ0) is 13.1. The Kier molecular flexibility index (Phi) is 3.72. The Morgan fingerprint density at radius 2 is 1.89 bits per heavy atom. The molecular weight excluding hydrogens is 234 g/mol. The number of nitrogens with one attached hydrogen (secondary N) is 1. The first-order valence-electron chi connectivity index (χ1n) is 6.09. The van der Waals surface area contributed by atoms with E-state index in [0.29, 0.717) is 6.42 Å². The summed E-state index contributed by atoms with van der Waals surface area (Å²) in [5.41, 5.74) is 0.267. The number of carbonyl (C=O) groups excluding carboxylic acids is 1. The van der Waals surface area contributed by atoms with Gasteiger partial charge in [-0.05, 0) is 31.0 Å². The molecule has 1 amide bonds. The number of phenolic OH excluding ortho intramolecular Hbond substituents is 2. The third-order valence-corrected chi connectivity index (χ3v) is 3.28. The Balaban J connectivity index is 2.04. The van der Waals surface area contributed by atoms with Crippen LogP contribution in [0.3, 0.4) is 0 Å². The van der Waals surface area contributed by atoms with E-state index in [4.69, 9.17) is 5.11 Å². The predicted molar refractivity (Wildman–Crippen MR) is 65.5 cm³/mol. The molecule has 18 heavy (non-hydrogen) atoms. The van der Waals surface area contributed by atoms with Crippen molar-refractivity contribution in [2.24, 2.45) is 0 Å². The van der Waals surface area contributed by atoms with Crippen molar-refractivity contribution in [1.29, 1.82) is 0 Å². The lowest BCUT2D eigenvalue weighted by molar-refractivity contribution is 0.0717. The fourth-order valence-corrected chi connectivity index (χ4v) is 2.20. The van der Waals surface area contributed by atoms with Gasteiger partial charge in [-0.2, -0.15) is 0 Å². The molecule has 1 aliphatic rings. The summed E-state index contributed by atoms with van der Waals surface area (Å²) < 4.78 is 0. The molecule has 0 unspecified atom stereocenters. The standard InChI is InChI=1S/C13H17NO4/c15-10-4-2-1-3-9(10)14-13(18)8-5-6-11(16)12(17)7-8/h5-7,9-10,15-17H,1-4H2,(H,14,18)/t9-,10-/m0/s1. The molecule has 0 radical (unpaired) electrons. The number of phenols is 2. The molecule has 0 spiro atoms. The van der Waals surface area contributed by atoms with Crippen LogP contribution in [0.2, 0.25) is 0 Å². The Labute approximate surface area is 105 Å². The van der Waals surface area contributed by atoms with Crippen molar-refractivity contribution in [3.8, 4) is 11.5 Å². The summed E-state index contributed by atoms with van der Waals surface area (Å²) in [5, 5.41) is 31.0. The number of aliphatic hydroxyl groups is 1. The van der Waals surface area contributed by atoms with Crippen molar-refractivity contribution in [2.75, 3.05) is 0 Å². The molecule has 2 atom stereocenters. The minimum Gasteiger partial charge on any atom is -0.504 e. The number of aromatic hydroxyl groups is 2. The first kappa shape index (κ1) is 12.7. The van der Waals surface area contributed by atoms with Gasteiger partial charge >= 0.3 is 0 Å². The summed E-state index contributed by atoms with van der Waals surface area (Å²) in [6.45, 7) is 0. The van der Waals surface area contributed by atoms with Gasteiger partial charge in [-0.25, -0.2) is 0 Å². The first-order valence-corrected chi connectivity index (χ1v) is 6.09. The fraction of sp³-hybridized carbons (Fsp3) is 0.462. The third kappa shape index (κ3) is 2.73. The van der Waals surface area contributed by atoms with Crippen LogP contribution < -0.4 is 5.32 Å². The molecule has 0 bridgehead atoms. The van der Waals surface area contributed by atoms with Crippen molar-refractivity contribution in [2.45, 2.75) is 37.8 Å². The van der Waals surface area contributed by atoms with E-state index in [9.17, 15) is 15.0 Å². The van der Waals surface area contributed by atoms with Gasteiger partial charge in [0, 0.05) is 5.56 Å². The van der Waals surface area contributed by atoms with Crippen LogP contribution in [0.15, 0.2) is 18.2 Å². The molecule has 5 heteroatoms. The van der Waals surface area contributed by atoms with Crippen LogP contribution in [-0.4, -0.2) is 33.4 Å². The van der Waals surface area contributed by atoms with Gasteiger partial charge in [0.2, 0.25) is 0 Å². The Bertz CT molecular complexity index is 447. The average Bonchev–Trinajstić information content (AvgIpc) is 2.35. The number of rotatable bonds is 2. The molecule has 0 aliphatic heterocycles. The van der Waals surface area contributed by atoms with Gasteiger partial charge in [0.25, 0.3) is 5.91 Å². The summed E-state index contributed by atoms with van der Waals surface area (Å²) >= 11 is 0. The van der Waals surface area contributed by atoms with E-state index in [2.05, 4.69) is 5.32 Å². The summed E-state index contributed by atoms with van der Waals surface area (Å²) in [5.74, 6) is -0.938. The highest BCUT2D eigenvalue weighted by atomic mass is 16.3. The normalized spacial score (nSPS) is 23.6. The number of benzene rings is 1. The topological polar surface area (TPSA) is 89.8 Å². The van der Waals surface area contributed by atoms with E-state index in [1.54, 1.807) is 0 Å². The second-order valence-corrected chi connectivity index (χ2v) is 4.64. The van der Waals surface area contributed by atoms with Gasteiger partial charge in [-0.3, -0.25) is 4.79 Å². The molecule has 1 saturated carbocycles. The van der Waals surface area contributed by atoms with Gasteiger partial charge < -0.3 is 20.6 Å². The van der Waals surface area contributed by atoms with Crippen LogP contribution in [-0.2, 0) is 0 Å². The van der Waals surface area contributed by atoms with E-state index >= 15 is 0 Å². The Morgan fingerprint density at radius 3 is 2.56 bits per heavy atom. The van der Waals surface area contributed by atoms with Gasteiger partial charge in [-0.15, -0.1) is 0 Å². The van der Waals surface area contributed by atoms with Crippen molar-refractivity contribution >= 4 is 5.91 Å². The minimum absolute atomic E-state index is 0.234. The van der Waals surface area contributed by atoms with Gasteiger partial charge in [0.15, 0.2) is 11.5 Å². The van der Waals surface area contributed by atoms with Crippen molar-refractivity contribution in [3.63, 3.8) is 0 Å². The average molecular weight is 251 g/mol. The molecule has 1 aliphatic carbocycles. The van der Waals surface area contributed by atoms with E-state index in [-0.39, 0.29) is 29.0 Å². The molecule has 0 heterocycles. The smallest absolute Gasteiger partial charge is 0.251 e. The minimum atomic E-state index is -0.506. The maximum atomic E-state index is 11.9. The largest absolute Gasteiger partial charge is 0.504 e. The highest BCUT2D eigenvalue weighted by molar-refractivity contribution is 5.95. The predicted octanol–water partition coefficient (Wildman–Crippen LogP) is 1.13. The second-order valence-electron chi connectivity index (χ2n) is 4.64. The zero-order valence-electron chi connectivity index (χ0n) is 9.97. The summed E-state index contributed by atoms with van der Waals surface area (Å²) in [6.07, 6.45) is 2.92. The Hall–Kier alpha value is -1.75. The third-order valence-electron chi connectivity index (χ3n) is 3.28. The molecule has 5 nitrogen and oxygen atoms in total. The number of hydrogen-bond donors (Lipinski definition) is 4. The van der Waals surface area contributed by atoms with Gasteiger partial charge in [-0.1, -0.05) is 12.8 Å². The van der Waals surface area contributed by atoms with E-state index in [1.807, 2.05) is 0 Å². The highest BCUT2D eigenvalue weighted by Gasteiger charge is 2.24. The van der Waals surface area contributed by atoms with Crippen LogP contribution in [0.1, 0.15) is 36.0 Å². The van der Waals surface area contributed by atoms with Crippen LogP contribution >= 0.6 is 0 Å². The number of aliphatic hydroxyl groups excluding tert-OH is 1. The molecule has 2 rings (SSSR count). The number of amides is 1. The molecule has 4 N–H and O–H groups in total. The van der Waals surface area contributed by atoms with Crippen LogP contribution in [0.25, 0.3) is 0 Å². The zero-order valence-corrected chi connectivity index (χ0v) is 9.97. The lowest BCUT2D eigenvalue weighted by atomic mass is 9.92. The van der Waals surface area contributed by atoms with Crippen molar-refractivity contribution in [1.82, 2.24) is 5.32 Å². The molecular formula is C13H17NO4. The lowest BCUT2D eigenvalue weighted by Gasteiger charge is -2.28. The van der Waals surface area contributed by atoms with Crippen LogP contribution in [0.4, 0.5) is 0 Å². The quantitative estimate of drug-likeness (QED) is 0.593. The fourth-order valence-electron chi connectivity index (χ4n) is 2.20. The van der Waals surface area contributed by atoms with Crippen molar-refractivity contribution < 1.29 is 20.1 Å². The van der Waals surface area contributed by atoms with Gasteiger partial charge in [0.05, 0.1) is 12.1 Å². The maximum Gasteiger partial charge on any atom is 0.251 e. The molecule has 0 aromatic heterocycles. The second kappa shape index (κ2) is 5.27. The van der Waals surface area contributed by atoms with E-state index in [0.717, 1.165) is 19.3 Å². The summed E-state index contributed by atoms with van der Waals surface area (Å²) in [6, 6.07) is 3.67. The molecule has 98 valence electrons. The lowest BCUT2D eigenvalue weighted by Crippen LogP contribution is -2.45. The van der Waals surface area contributed by atoms with Crippen LogP contribution in [0, 0.1) is 0 Å². The summed E-state index contributed by atoms with van der Waals surface area (Å²) in [4.78, 5) is 11.9. The molecule has 1 aromatic carbocycles. The van der Waals surface area contributed by atoms with Gasteiger partial charge in [0.1, 0.15) is 0 Å². The number of carbonyl (C=O) groups is 1. The van der Waals surface area contributed by atoms with Crippen LogP contribution in [0.5, 0.6) is 11.5 Å². The molecule has 1 fully saturated rings. The molecule has 0 saturated heterocycles. The maximum absolute atomic E-state index is 11.9.